The molecule has 124 valence electrons. The summed E-state index contributed by atoms with van der Waals surface area (Å²) in [7, 11) is 3.09. The van der Waals surface area contributed by atoms with Gasteiger partial charge in [0.1, 0.15) is 5.60 Å². The van der Waals surface area contributed by atoms with Crippen LogP contribution in [0, 0.1) is 5.92 Å². The predicted molar refractivity (Wildman–Crippen MR) is 80.3 cm³/mol. The molecule has 0 spiro atoms. The number of likely N-dealkylation sites (N-methyl/N-ethyl adjacent to an activating group) is 1. The highest BCUT2D eigenvalue weighted by Gasteiger charge is 2.35. The number of carbonyl (C=O) groups is 2. The summed E-state index contributed by atoms with van der Waals surface area (Å²) in [5, 5.41) is 9.01. The van der Waals surface area contributed by atoms with Crippen LogP contribution >= 0.6 is 0 Å². The molecule has 6 nitrogen and oxygen atoms in total. The van der Waals surface area contributed by atoms with Gasteiger partial charge >= 0.3 is 12.1 Å². The standard InChI is InChI=1S/C15H29NO5/c1-8-10(2)13(11(20-7)9-12(17)18)16(6)14(19)21-15(3,4)5/h10-11,13H,8-9H2,1-7H3,(H,17,18)/t10?,11-,13+/m1/s1. The molecule has 0 saturated carbocycles. The largest absolute Gasteiger partial charge is 0.481 e. The number of aliphatic carboxylic acids is 1. The predicted octanol–water partition coefficient (Wildman–Crippen LogP) is 2.76. The van der Waals surface area contributed by atoms with E-state index in [0.717, 1.165) is 6.42 Å². The Morgan fingerprint density at radius 3 is 2.14 bits per heavy atom. The van der Waals surface area contributed by atoms with Crippen molar-refractivity contribution in [2.24, 2.45) is 5.92 Å². The number of amides is 1. The number of carbonyl (C=O) groups excluding carboxylic acids is 1. The third-order valence-corrected chi connectivity index (χ3v) is 3.42. The Hall–Kier alpha value is -1.30. The normalized spacial score (nSPS) is 16.0. The van der Waals surface area contributed by atoms with E-state index in [-0.39, 0.29) is 18.4 Å². The lowest BCUT2D eigenvalue weighted by atomic mass is 9.91. The molecule has 0 rings (SSSR count). The zero-order valence-corrected chi connectivity index (χ0v) is 14.2. The van der Waals surface area contributed by atoms with Crippen molar-refractivity contribution in [3.63, 3.8) is 0 Å². The average molecular weight is 303 g/mol. The molecule has 0 aliphatic heterocycles. The minimum absolute atomic E-state index is 0.0896. The van der Waals surface area contributed by atoms with Crippen LogP contribution in [-0.2, 0) is 14.3 Å². The number of carboxylic acids is 1. The molecule has 0 bridgehead atoms. The molecule has 1 N–H and O–H groups in total. The molecule has 0 saturated heterocycles. The van der Waals surface area contributed by atoms with Crippen LogP contribution in [0.25, 0.3) is 0 Å². The first-order valence-electron chi connectivity index (χ1n) is 7.23. The Balaban J connectivity index is 5.20. The van der Waals surface area contributed by atoms with Gasteiger partial charge in [0.15, 0.2) is 0 Å². The maximum absolute atomic E-state index is 12.2. The van der Waals surface area contributed by atoms with E-state index in [1.54, 1.807) is 27.8 Å². The summed E-state index contributed by atoms with van der Waals surface area (Å²) in [4.78, 5) is 24.7. The van der Waals surface area contributed by atoms with Crippen molar-refractivity contribution in [1.82, 2.24) is 4.90 Å². The zero-order chi connectivity index (χ0) is 16.8. The maximum Gasteiger partial charge on any atom is 0.410 e. The Kier molecular flexibility index (Phi) is 7.71. The molecular weight excluding hydrogens is 274 g/mol. The fourth-order valence-corrected chi connectivity index (χ4v) is 2.21. The van der Waals surface area contributed by atoms with Crippen LogP contribution in [0.1, 0.15) is 47.5 Å². The van der Waals surface area contributed by atoms with Gasteiger partial charge in [-0.3, -0.25) is 4.79 Å². The van der Waals surface area contributed by atoms with Crippen molar-refractivity contribution >= 4 is 12.1 Å². The molecule has 0 aromatic rings. The fourth-order valence-electron chi connectivity index (χ4n) is 2.21. The molecule has 21 heavy (non-hydrogen) atoms. The van der Waals surface area contributed by atoms with Crippen molar-refractivity contribution in [2.75, 3.05) is 14.2 Å². The van der Waals surface area contributed by atoms with Crippen LogP contribution in [0.15, 0.2) is 0 Å². The minimum atomic E-state index is -0.951. The Morgan fingerprint density at radius 1 is 1.29 bits per heavy atom. The summed E-state index contributed by atoms with van der Waals surface area (Å²) in [5.41, 5.74) is -0.597. The van der Waals surface area contributed by atoms with Crippen LogP contribution in [0.5, 0.6) is 0 Å². The molecule has 0 aromatic heterocycles. The van der Waals surface area contributed by atoms with Crippen LogP contribution in [0.2, 0.25) is 0 Å². The number of ether oxygens (including phenoxy) is 2. The molecule has 1 amide bonds. The van der Waals surface area contributed by atoms with Gasteiger partial charge < -0.3 is 19.5 Å². The van der Waals surface area contributed by atoms with Gasteiger partial charge in [0.2, 0.25) is 0 Å². The first-order valence-corrected chi connectivity index (χ1v) is 7.23. The van der Waals surface area contributed by atoms with Crippen LogP contribution in [0.3, 0.4) is 0 Å². The van der Waals surface area contributed by atoms with E-state index in [1.807, 2.05) is 13.8 Å². The van der Waals surface area contributed by atoms with E-state index in [1.165, 1.54) is 12.0 Å². The van der Waals surface area contributed by atoms with Gasteiger partial charge in [0.25, 0.3) is 0 Å². The van der Waals surface area contributed by atoms with Crippen LogP contribution < -0.4 is 0 Å². The maximum atomic E-state index is 12.2. The Bertz CT molecular complexity index is 350. The van der Waals surface area contributed by atoms with Crippen molar-refractivity contribution in [3.05, 3.63) is 0 Å². The van der Waals surface area contributed by atoms with Gasteiger partial charge in [0.05, 0.1) is 18.6 Å². The lowest BCUT2D eigenvalue weighted by Crippen LogP contribution is -2.51. The second-order valence-electron chi connectivity index (χ2n) is 6.34. The molecule has 0 fully saturated rings. The van der Waals surface area contributed by atoms with Gasteiger partial charge in [-0.25, -0.2) is 4.79 Å². The van der Waals surface area contributed by atoms with Crippen LogP contribution in [-0.4, -0.2) is 54.0 Å². The third-order valence-electron chi connectivity index (χ3n) is 3.42. The SMILES string of the molecule is CCC(C)[C@@H]([C@@H](CC(=O)O)OC)N(C)C(=O)OC(C)(C)C. The summed E-state index contributed by atoms with van der Waals surface area (Å²) in [6.45, 7) is 9.35. The minimum Gasteiger partial charge on any atom is -0.481 e. The van der Waals surface area contributed by atoms with Crippen LogP contribution in [0.4, 0.5) is 4.79 Å². The zero-order valence-electron chi connectivity index (χ0n) is 14.2. The van der Waals surface area contributed by atoms with Crippen molar-refractivity contribution in [1.29, 1.82) is 0 Å². The fraction of sp³-hybridized carbons (Fsp3) is 0.867. The summed E-state index contributed by atoms with van der Waals surface area (Å²) < 4.78 is 10.7. The van der Waals surface area contributed by atoms with Gasteiger partial charge in [-0.2, -0.15) is 0 Å². The van der Waals surface area contributed by atoms with Gasteiger partial charge in [-0.05, 0) is 26.7 Å². The summed E-state index contributed by atoms with van der Waals surface area (Å²) in [6.07, 6.45) is -0.397. The summed E-state index contributed by atoms with van der Waals surface area (Å²) >= 11 is 0. The molecular formula is C15H29NO5. The van der Waals surface area contributed by atoms with E-state index >= 15 is 0 Å². The van der Waals surface area contributed by atoms with Crippen molar-refractivity contribution in [2.45, 2.75) is 65.2 Å². The van der Waals surface area contributed by atoms with Crippen molar-refractivity contribution < 1.29 is 24.2 Å². The third kappa shape index (κ3) is 6.80. The van der Waals surface area contributed by atoms with E-state index in [2.05, 4.69) is 0 Å². The molecule has 0 aromatic carbocycles. The molecule has 6 heteroatoms. The second-order valence-corrected chi connectivity index (χ2v) is 6.34. The molecule has 0 aliphatic carbocycles. The number of hydrogen-bond donors (Lipinski definition) is 1. The number of methoxy groups -OCH3 is 1. The van der Waals surface area contributed by atoms with Gasteiger partial charge in [-0.1, -0.05) is 20.3 Å². The molecule has 0 aliphatic rings. The first-order chi connectivity index (χ1) is 9.53. The lowest BCUT2D eigenvalue weighted by molar-refractivity contribution is -0.141. The van der Waals surface area contributed by atoms with E-state index < -0.39 is 23.8 Å². The van der Waals surface area contributed by atoms with E-state index in [4.69, 9.17) is 14.6 Å². The number of rotatable bonds is 7. The van der Waals surface area contributed by atoms with Crippen molar-refractivity contribution in [3.8, 4) is 0 Å². The monoisotopic (exact) mass is 303 g/mol. The second kappa shape index (κ2) is 8.22. The Labute approximate surface area is 127 Å². The molecule has 3 atom stereocenters. The first kappa shape index (κ1) is 19.7. The van der Waals surface area contributed by atoms with E-state index in [0.29, 0.717) is 0 Å². The highest BCUT2D eigenvalue weighted by Crippen LogP contribution is 2.23. The molecule has 0 heterocycles. The highest BCUT2D eigenvalue weighted by atomic mass is 16.6. The summed E-state index contributed by atoms with van der Waals surface area (Å²) in [6, 6.07) is -0.356. The number of carboxylic acid groups (broad SMARTS) is 1. The average Bonchev–Trinajstić information content (AvgIpc) is 2.34. The lowest BCUT2D eigenvalue weighted by Gasteiger charge is -2.37. The van der Waals surface area contributed by atoms with Gasteiger partial charge in [0, 0.05) is 14.2 Å². The molecule has 0 radical (unpaired) electrons. The number of nitrogens with zero attached hydrogens (tertiary/aromatic N) is 1. The Morgan fingerprint density at radius 2 is 1.81 bits per heavy atom. The van der Waals surface area contributed by atoms with E-state index in [9.17, 15) is 9.59 Å². The smallest absolute Gasteiger partial charge is 0.410 e. The highest BCUT2D eigenvalue weighted by molar-refractivity contribution is 5.69. The quantitative estimate of drug-likeness (QED) is 0.782. The summed E-state index contributed by atoms with van der Waals surface area (Å²) in [5.74, 6) is -0.862. The topological polar surface area (TPSA) is 76.1 Å². The number of hydrogen-bond acceptors (Lipinski definition) is 4. The van der Waals surface area contributed by atoms with Gasteiger partial charge in [-0.15, -0.1) is 0 Å². The molecule has 1 unspecified atom stereocenters.